The van der Waals surface area contributed by atoms with E-state index in [4.69, 9.17) is 14.0 Å². The van der Waals surface area contributed by atoms with Crippen molar-refractivity contribution < 1.29 is 14.0 Å². The maximum atomic E-state index is 5.65. The molecule has 1 fully saturated rings. The minimum absolute atomic E-state index is 0.0936. The second-order valence-electron chi connectivity index (χ2n) is 4.75. The van der Waals surface area contributed by atoms with Gasteiger partial charge in [-0.25, -0.2) is 4.98 Å². The molecule has 0 aromatic carbocycles. The van der Waals surface area contributed by atoms with Crippen molar-refractivity contribution >= 4 is 12.6 Å². The maximum absolute atomic E-state index is 5.65. The molecule has 2 rings (SSSR count). The molecule has 1 aliphatic rings. The van der Waals surface area contributed by atoms with E-state index >= 15 is 0 Å². The van der Waals surface area contributed by atoms with Crippen molar-refractivity contribution in [3.63, 3.8) is 0 Å². The monoisotopic (exact) mass is 221 g/mol. The number of nitrogens with zero attached hydrogens (tertiary/aromatic N) is 1. The van der Waals surface area contributed by atoms with Crippen molar-refractivity contribution in [3.8, 4) is 5.88 Å². The minimum atomic E-state index is -0.300. The fourth-order valence-electron chi connectivity index (χ4n) is 1.54. The molecule has 0 unspecified atom stereocenters. The molecule has 0 amide bonds. The summed E-state index contributed by atoms with van der Waals surface area (Å²) in [5, 5.41) is 0. The van der Waals surface area contributed by atoms with Crippen LogP contribution < -0.4 is 10.2 Å². The lowest BCUT2D eigenvalue weighted by Gasteiger charge is -2.32. The first-order chi connectivity index (χ1) is 7.61. The van der Waals surface area contributed by atoms with E-state index in [0.717, 1.165) is 5.46 Å². The van der Waals surface area contributed by atoms with E-state index in [2.05, 4.69) is 18.8 Å². The topological polar surface area (TPSA) is 40.6 Å². The molecule has 0 atom stereocenters. The molecule has 1 saturated heterocycles. The van der Waals surface area contributed by atoms with E-state index in [0.29, 0.717) is 19.1 Å². The number of hydrogen-bond donors (Lipinski definition) is 0. The Balaban J connectivity index is 2.03. The number of methoxy groups -OCH3 is 1. The average Bonchev–Trinajstić information content (AvgIpc) is 2.29. The fraction of sp³-hybridized carbons (Fsp3) is 0.545. The summed E-state index contributed by atoms with van der Waals surface area (Å²) in [6.07, 6.45) is 1.72. The van der Waals surface area contributed by atoms with Crippen LogP contribution in [0, 0.1) is 5.41 Å². The van der Waals surface area contributed by atoms with Gasteiger partial charge in [0.1, 0.15) is 0 Å². The lowest BCUT2D eigenvalue weighted by atomic mass is 9.77. The van der Waals surface area contributed by atoms with Gasteiger partial charge in [-0.15, -0.1) is 0 Å². The van der Waals surface area contributed by atoms with Crippen molar-refractivity contribution in [3.05, 3.63) is 18.3 Å². The Labute approximate surface area is 96.1 Å². The molecular formula is C11H16BNO3. The second kappa shape index (κ2) is 4.43. The number of pyridine rings is 1. The largest absolute Gasteiger partial charge is 0.495 e. The highest BCUT2D eigenvalue weighted by Gasteiger charge is 2.33. The minimum Gasteiger partial charge on any atom is -0.481 e. The van der Waals surface area contributed by atoms with Crippen LogP contribution in [0.5, 0.6) is 5.88 Å². The molecule has 0 N–H and O–H groups in total. The molecule has 0 bridgehead atoms. The first-order valence-corrected chi connectivity index (χ1v) is 5.34. The van der Waals surface area contributed by atoms with Crippen LogP contribution in [0.4, 0.5) is 0 Å². The predicted molar refractivity (Wildman–Crippen MR) is 61.9 cm³/mol. The van der Waals surface area contributed by atoms with Gasteiger partial charge in [0.25, 0.3) is 0 Å². The molecule has 86 valence electrons. The molecule has 0 radical (unpaired) electrons. The van der Waals surface area contributed by atoms with E-state index in [9.17, 15) is 0 Å². The quantitative estimate of drug-likeness (QED) is 0.694. The SMILES string of the molecule is COc1ccc(B2OCC(C)(C)CO2)cn1. The normalized spacial score (nSPS) is 19.6. The van der Waals surface area contributed by atoms with E-state index in [1.807, 2.05) is 12.1 Å². The van der Waals surface area contributed by atoms with Gasteiger partial charge < -0.3 is 14.0 Å². The van der Waals surface area contributed by atoms with Crippen LogP contribution in [0.25, 0.3) is 0 Å². The van der Waals surface area contributed by atoms with Crippen LogP contribution in [-0.2, 0) is 9.31 Å². The molecule has 0 aliphatic carbocycles. The third-order valence-electron chi connectivity index (χ3n) is 2.49. The Morgan fingerprint density at radius 3 is 2.50 bits per heavy atom. The van der Waals surface area contributed by atoms with Crippen molar-refractivity contribution in [1.82, 2.24) is 4.98 Å². The average molecular weight is 221 g/mol. The Morgan fingerprint density at radius 1 is 1.31 bits per heavy atom. The number of rotatable bonds is 2. The van der Waals surface area contributed by atoms with Crippen LogP contribution in [0.3, 0.4) is 0 Å². The predicted octanol–water partition coefficient (Wildman–Crippen LogP) is 0.858. The summed E-state index contributed by atoms with van der Waals surface area (Å²) < 4.78 is 16.3. The summed E-state index contributed by atoms with van der Waals surface area (Å²) >= 11 is 0. The van der Waals surface area contributed by atoms with Crippen molar-refractivity contribution in [2.75, 3.05) is 20.3 Å². The van der Waals surface area contributed by atoms with Crippen LogP contribution in [0.1, 0.15) is 13.8 Å². The molecule has 4 nitrogen and oxygen atoms in total. The summed E-state index contributed by atoms with van der Waals surface area (Å²) in [7, 11) is 1.30. The van der Waals surface area contributed by atoms with Gasteiger partial charge in [-0.2, -0.15) is 0 Å². The van der Waals surface area contributed by atoms with Crippen molar-refractivity contribution in [2.45, 2.75) is 13.8 Å². The third kappa shape index (κ3) is 2.54. The fourth-order valence-corrected chi connectivity index (χ4v) is 1.54. The standard InChI is InChI=1S/C11H16BNO3/c1-11(2)7-15-12(16-8-11)9-4-5-10(14-3)13-6-9/h4-6H,7-8H2,1-3H3. The van der Waals surface area contributed by atoms with Crippen LogP contribution >= 0.6 is 0 Å². The van der Waals surface area contributed by atoms with Crippen LogP contribution in [0.2, 0.25) is 0 Å². The second-order valence-corrected chi connectivity index (χ2v) is 4.75. The lowest BCUT2D eigenvalue weighted by molar-refractivity contribution is 0.0343. The Morgan fingerprint density at radius 2 is 2.00 bits per heavy atom. The summed E-state index contributed by atoms with van der Waals surface area (Å²) in [4.78, 5) is 4.13. The molecule has 5 heteroatoms. The summed E-state index contributed by atoms with van der Waals surface area (Å²) in [5.41, 5.74) is 1.02. The molecule has 1 aromatic rings. The van der Waals surface area contributed by atoms with Gasteiger partial charge in [-0.3, -0.25) is 0 Å². The molecule has 1 aromatic heterocycles. The van der Waals surface area contributed by atoms with Gasteiger partial charge in [0.05, 0.1) is 7.11 Å². The van der Waals surface area contributed by atoms with Gasteiger partial charge in [0.2, 0.25) is 5.88 Å². The molecule has 2 heterocycles. The summed E-state index contributed by atoms with van der Waals surface area (Å²) in [6, 6.07) is 3.72. The molecule has 0 saturated carbocycles. The van der Waals surface area contributed by atoms with E-state index in [1.54, 1.807) is 13.3 Å². The summed E-state index contributed by atoms with van der Waals surface area (Å²) in [5.74, 6) is 0.597. The van der Waals surface area contributed by atoms with E-state index in [-0.39, 0.29) is 12.5 Å². The molecular weight excluding hydrogens is 205 g/mol. The van der Waals surface area contributed by atoms with Gasteiger partial charge in [-0.05, 0) is 6.07 Å². The van der Waals surface area contributed by atoms with Crippen molar-refractivity contribution in [2.24, 2.45) is 5.41 Å². The van der Waals surface area contributed by atoms with E-state index < -0.39 is 0 Å². The third-order valence-corrected chi connectivity index (χ3v) is 2.49. The molecule has 1 aliphatic heterocycles. The van der Waals surface area contributed by atoms with Gasteiger partial charge in [-0.1, -0.05) is 19.9 Å². The lowest BCUT2D eigenvalue weighted by Crippen LogP contribution is -2.47. The van der Waals surface area contributed by atoms with Crippen LogP contribution in [-0.4, -0.2) is 32.4 Å². The number of aromatic nitrogens is 1. The Kier molecular flexibility index (Phi) is 3.16. The molecule has 16 heavy (non-hydrogen) atoms. The Hall–Kier alpha value is -1.07. The maximum Gasteiger partial charge on any atom is 0.495 e. The van der Waals surface area contributed by atoms with Gasteiger partial charge in [0, 0.05) is 30.3 Å². The van der Waals surface area contributed by atoms with Gasteiger partial charge >= 0.3 is 7.12 Å². The summed E-state index contributed by atoms with van der Waals surface area (Å²) in [6.45, 7) is 5.64. The first-order valence-electron chi connectivity index (χ1n) is 5.34. The number of ether oxygens (including phenoxy) is 1. The first kappa shape index (κ1) is 11.4. The zero-order chi connectivity index (χ0) is 11.6. The number of hydrogen-bond acceptors (Lipinski definition) is 4. The highest BCUT2D eigenvalue weighted by atomic mass is 16.6. The molecule has 0 spiro atoms. The highest BCUT2D eigenvalue weighted by Crippen LogP contribution is 2.21. The highest BCUT2D eigenvalue weighted by molar-refractivity contribution is 6.61. The smallest absolute Gasteiger partial charge is 0.481 e. The van der Waals surface area contributed by atoms with Gasteiger partial charge in [0.15, 0.2) is 0 Å². The van der Waals surface area contributed by atoms with Crippen LogP contribution in [0.15, 0.2) is 18.3 Å². The Bertz CT molecular complexity index is 343. The zero-order valence-electron chi connectivity index (χ0n) is 9.90. The van der Waals surface area contributed by atoms with Crippen molar-refractivity contribution in [1.29, 1.82) is 0 Å². The van der Waals surface area contributed by atoms with E-state index in [1.165, 1.54) is 0 Å². The zero-order valence-corrected chi connectivity index (χ0v) is 9.90.